The quantitative estimate of drug-likeness (QED) is 0.393. The van der Waals surface area contributed by atoms with E-state index in [1.54, 1.807) is 12.1 Å². The normalized spacial score (nSPS) is 19.0. The molecule has 232 valence electrons. The lowest BCUT2D eigenvalue weighted by Crippen LogP contribution is -2.41. The molecule has 2 aliphatic rings. The van der Waals surface area contributed by atoms with Crippen LogP contribution >= 0.6 is 0 Å². The lowest BCUT2D eigenvalue weighted by Gasteiger charge is -2.37. The summed E-state index contributed by atoms with van der Waals surface area (Å²) in [5, 5.41) is 2.61. The molecule has 0 saturated carbocycles. The van der Waals surface area contributed by atoms with E-state index in [2.05, 4.69) is 14.9 Å². The maximum atomic E-state index is 14.1. The summed E-state index contributed by atoms with van der Waals surface area (Å²) in [5.74, 6) is -1.26. The minimum Gasteiger partial charge on any atom is -0.326 e. The molecule has 2 N–H and O–H groups in total. The summed E-state index contributed by atoms with van der Waals surface area (Å²) in [6.45, 7) is 4.82. The third-order valence-corrected chi connectivity index (χ3v) is 11.1. The van der Waals surface area contributed by atoms with Crippen molar-refractivity contribution >= 4 is 31.6 Å². The summed E-state index contributed by atoms with van der Waals surface area (Å²) >= 11 is 0. The first-order valence-corrected chi connectivity index (χ1v) is 17.6. The number of carbonyl (C=O) groups excluding carboxylic acids is 1. The summed E-state index contributed by atoms with van der Waals surface area (Å²) in [6, 6.07) is 9.67. The standard InChI is InChI=1S/C29H40F2N4O5S2/c1-21(36)33-27-3-5-28(6-4-27)42(39,40)32-20-22-7-12-34(13-8-22)14-11-29(24-17-25(30)19-26(31)18-24)23-9-15-35(16-10-23)41(2,37)38/h3-6,17-19,22-23,29,32H,7-16,20H2,1-2H3,(H,33,36)/t29-/m1/s1. The van der Waals surface area contributed by atoms with Crippen LogP contribution in [-0.2, 0) is 24.8 Å². The zero-order valence-electron chi connectivity index (χ0n) is 24.1. The number of nitrogens with zero attached hydrogens (tertiary/aromatic N) is 2. The van der Waals surface area contributed by atoms with Crippen LogP contribution in [0.3, 0.4) is 0 Å². The second-order valence-corrected chi connectivity index (χ2v) is 15.2. The van der Waals surface area contributed by atoms with E-state index in [4.69, 9.17) is 0 Å². The molecule has 13 heteroatoms. The van der Waals surface area contributed by atoms with Crippen LogP contribution in [0, 0.1) is 23.5 Å². The Hall–Kier alpha value is -2.45. The van der Waals surface area contributed by atoms with Gasteiger partial charge >= 0.3 is 0 Å². The van der Waals surface area contributed by atoms with Crippen LogP contribution in [-0.4, -0.2) is 77.5 Å². The molecule has 0 aliphatic carbocycles. The summed E-state index contributed by atoms with van der Waals surface area (Å²) in [7, 11) is -6.96. The van der Waals surface area contributed by atoms with Crippen molar-refractivity contribution in [3.63, 3.8) is 0 Å². The minimum atomic E-state index is -3.68. The highest BCUT2D eigenvalue weighted by molar-refractivity contribution is 7.89. The van der Waals surface area contributed by atoms with Crippen LogP contribution in [0.15, 0.2) is 47.4 Å². The van der Waals surface area contributed by atoms with Crippen molar-refractivity contribution in [3.05, 3.63) is 59.7 Å². The van der Waals surface area contributed by atoms with E-state index in [9.17, 15) is 30.4 Å². The highest BCUT2D eigenvalue weighted by Gasteiger charge is 2.32. The van der Waals surface area contributed by atoms with Crippen LogP contribution in [0.25, 0.3) is 0 Å². The van der Waals surface area contributed by atoms with Crippen molar-refractivity contribution in [2.75, 3.05) is 50.8 Å². The molecule has 0 unspecified atom stereocenters. The van der Waals surface area contributed by atoms with Crippen molar-refractivity contribution < 1.29 is 30.4 Å². The lowest BCUT2D eigenvalue weighted by atomic mass is 9.78. The van der Waals surface area contributed by atoms with Crippen LogP contribution in [0.2, 0.25) is 0 Å². The van der Waals surface area contributed by atoms with Gasteiger partial charge in [0.25, 0.3) is 0 Å². The number of carbonyl (C=O) groups is 1. The van der Waals surface area contributed by atoms with Crippen molar-refractivity contribution in [2.24, 2.45) is 11.8 Å². The number of likely N-dealkylation sites (tertiary alicyclic amines) is 1. The van der Waals surface area contributed by atoms with E-state index >= 15 is 0 Å². The van der Waals surface area contributed by atoms with Gasteiger partial charge in [-0.05, 0) is 111 Å². The van der Waals surface area contributed by atoms with Crippen molar-refractivity contribution in [1.82, 2.24) is 13.9 Å². The SMILES string of the molecule is CC(=O)Nc1ccc(S(=O)(=O)NCC2CCN(CC[C@@H](c3cc(F)cc(F)c3)C3CCN(S(C)(=O)=O)CC3)CC2)cc1. The Morgan fingerprint density at radius 3 is 2.07 bits per heavy atom. The van der Waals surface area contributed by atoms with Crippen LogP contribution in [0.4, 0.5) is 14.5 Å². The molecule has 2 heterocycles. The van der Waals surface area contributed by atoms with Gasteiger partial charge in [0.15, 0.2) is 0 Å². The Morgan fingerprint density at radius 2 is 1.52 bits per heavy atom. The van der Waals surface area contributed by atoms with E-state index in [1.165, 1.54) is 41.8 Å². The molecule has 4 rings (SSSR count). The first-order chi connectivity index (χ1) is 19.8. The van der Waals surface area contributed by atoms with Crippen molar-refractivity contribution in [1.29, 1.82) is 0 Å². The molecular weight excluding hydrogens is 586 g/mol. The van der Waals surface area contributed by atoms with Gasteiger partial charge in [-0.25, -0.2) is 34.6 Å². The number of amides is 1. The second-order valence-electron chi connectivity index (χ2n) is 11.4. The number of halogens is 2. The topological polar surface area (TPSA) is 116 Å². The lowest BCUT2D eigenvalue weighted by molar-refractivity contribution is -0.114. The first kappa shape index (κ1) is 32.5. The second kappa shape index (κ2) is 13.9. The Morgan fingerprint density at radius 1 is 0.929 bits per heavy atom. The molecule has 9 nitrogen and oxygen atoms in total. The number of anilines is 1. The monoisotopic (exact) mass is 626 g/mol. The average Bonchev–Trinajstić information content (AvgIpc) is 2.92. The molecule has 42 heavy (non-hydrogen) atoms. The average molecular weight is 627 g/mol. The summed E-state index contributed by atoms with van der Waals surface area (Å²) in [4.78, 5) is 13.6. The van der Waals surface area contributed by atoms with Gasteiger partial charge in [-0.15, -0.1) is 0 Å². The van der Waals surface area contributed by atoms with Gasteiger partial charge in [-0.3, -0.25) is 4.79 Å². The summed E-state index contributed by atoms with van der Waals surface area (Å²) in [6.07, 6.45) is 4.79. The van der Waals surface area contributed by atoms with Crippen LogP contribution < -0.4 is 10.0 Å². The fourth-order valence-electron chi connectivity index (χ4n) is 6.04. The molecule has 0 spiro atoms. The van der Waals surface area contributed by atoms with Gasteiger partial charge < -0.3 is 10.2 Å². The highest BCUT2D eigenvalue weighted by Crippen LogP contribution is 2.37. The fourth-order valence-corrected chi connectivity index (χ4v) is 8.03. The zero-order chi connectivity index (χ0) is 30.5. The van der Waals surface area contributed by atoms with Crippen molar-refractivity contribution in [3.8, 4) is 0 Å². The number of benzene rings is 2. The summed E-state index contributed by atoms with van der Waals surface area (Å²) in [5.41, 5.74) is 1.14. The predicted molar refractivity (Wildman–Crippen MR) is 158 cm³/mol. The number of hydrogen-bond acceptors (Lipinski definition) is 6. The number of piperidine rings is 2. The molecule has 2 saturated heterocycles. The number of nitrogens with one attached hydrogen (secondary N) is 2. The van der Waals surface area contributed by atoms with E-state index < -0.39 is 31.7 Å². The van der Waals surface area contributed by atoms with Gasteiger partial charge in [0.2, 0.25) is 26.0 Å². The number of rotatable bonds is 11. The molecule has 0 bridgehead atoms. The maximum absolute atomic E-state index is 14.1. The summed E-state index contributed by atoms with van der Waals surface area (Å²) < 4.78 is 81.9. The molecule has 0 radical (unpaired) electrons. The Bertz CT molecular complexity index is 1420. The Labute approximate surface area is 247 Å². The van der Waals surface area contributed by atoms with Gasteiger partial charge in [-0.2, -0.15) is 0 Å². The van der Waals surface area contributed by atoms with Gasteiger partial charge in [0, 0.05) is 38.3 Å². The van der Waals surface area contributed by atoms with Gasteiger partial charge in [0.1, 0.15) is 11.6 Å². The molecule has 0 aromatic heterocycles. The smallest absolute Gasteiger partial charge is 0.240 e. The van der Waals surface area contributed by atoms with Gasteiger partial charge in [-0.1, -0.05) is 0 Å². The van der Waals surface area contributed by atoms with E-state index in [1.807, 2.05) is 0 Å². The predicted octanol–water partition coefficient (Wildman–Crippen LogP) is 3.76. The fraction of sp³-hybridized carbons (Fsp3) is 0.552. The first-order valence-electron chi connectivity index (χ1n) is 14.3. The zero-order valence-corrected chi connectivity index (χ0v) is 25.7. The van der Waals surface area contributed by atoms with E-state index in [0.29, 0.717) is 50.1 Å². The number of hydrogen-bond donors (Lipinski definition) is 2. The van der Waals surface area contributed by atoms with E-state index in [0.717, 1.165) is 38.5 Å². The van der Waals surface area contributed by atoms with Crippen molar-refractivity contribution in [2.45, 2.75) is 49.8 Å². The highest BCUT2D eigenvalue weighted by atomic mass is 32.2. The maximum Gasteiger partial charge on any atom is 0.240 e. The minimum absolute atomic E-state index is 0.0986. The van der Waals surface area contributed by atoms with E-state index in [-0.39, 0.29) is 28.6 Å². The third-order valence-electron chi connectivity index (χ3n) is 8.36. The molecule has 1 amide bonds. The molecule has 2 fully saturated rings. The van der Waals surface area contributed by atoms with Gasteiger partial charge in [0.05, 0.1) is 11.2 Å². The van der Waals surface area contributed by atoms with Crippen LogP contribution in [0.1, 0.15) is 50.5 Å². The molecule has 2 aromatic carbocycles. The number of sulfonamides is 2. The molecular formula is C29H40F2N4O5S2. The third kappa shape index (κ3) is 9.03. The Kier molecular flexibility index (Phi) is 10.7. The molecule has 2 aliphatic heterocycles. The molecule has 2 aromatic rings. The van der Waals surface area contributed by atoms with Crippen LogP contribution in [0.5, 0.6) is 0 Å². The largest absolute Gasteiger partial charge is 0.326 e. The Balaban J connectivity index is 1.30. The molecule has 1 atom stereocenters.